The number of methoxy groups -OCH3 is 1. The number of nitrogens with zero attached hydrogens (tertiary/aromatic N) is 3. The van der Waals surface area contributed by atoms with E-state index in [1.165, 1.54) is 19.2 Å². The molecular formula is C20H15F3N4O2S. The van der Waals surface area contributed by atoms with Crippen LogP contribution in [-0.4, -0.2) is 27.8 Å². The Balaban J connectivity index is 1.72. The van der Waals surface area contributed by atoms with Gasteiger partial charge in [-0.05, 0) is 31.2 Å². The maximum atomic E-state index is 13.8. The predicted octanol–water partition coefficient (Wildman–Crippen LogP) is 5.07. The Hall–Kier alpha value is -3.40. The zero-order valence-corrected chi connectivity index (χ0v) is 16.6. The molecule has 0 unspecified atom stereocenters. The molecule has 1 N–H and O–H groups in total. The maximum absolute atomic E-state index is 13.8. The number of carbonyl (C=O) groups excluding carboxylic acids is 1. The third-order valence-electron chi connectivity index (χ3n) is 4.38. The fourth-order valence-electron chi connectivity index (χ4n) is 2.98. The fraction of sp³-hybridized carbons (Fsp3) is 0.150. The van der Waals surface area contributed by atoms with Gasteiger partial charge in [0, 0.05) is 0 Å². The van der Waals surface area contributed by atoms with Crippen molar-refractivity contribution in [2.45, 2.75) is 13.1 Å². The van der Waals surface area contributed by atoms with Gasteiger partial charge in [0.05, 0.1) is 29.3 Å². The van der Waals surface area contributed by atoms with E-state index in [9.17, 15) is 18.0 Å². The van der Waals surface area contributed by atoms with E-state index in [0.29, 0.717) is 11.3 Å². The Morgan fingerprint density at radius 2 is 1.90 bits per heavy atom. The number of carbonyl (C=O) groups is 1. The number of aromatic nitrogens is 3. The second-order valence-electron chi connectivity index (χ2n) is 6.43. The highest BCUT2D eigenvalue weighted by atomic mass is 32.1. The summed E-state index contributed by atoms with van der Waals surface area (Å²) in [5.41, 5.74) is -0.121. The van der Waals surface area contributed by atoms with Crippen LogP contribution in [0.2, 0.25) is 0 Å². The van der Waals surface area contributed by atoms with Gasteiger partial charge >= 0.3 is 6.18 Å². The van der Waals surface area contributed by atoms with Gasteiger partial charge in [-0.2, -0.15) is 18.3 Å². The smallest absolute Gasteiger partial charge is 0.434 e. The molecule has 10 heteroatoms. The number of anilines is 1. The quantitative estimate of drug-likeness (QED) is 0.489. The highest BCUT2D eigenvalue weighted by molar-refractivity contribution is 7.22. The summed E-state index contributed by atoms with van der Waals surface area (Å²) in [5, 5.41) is 6.42. The maximum Gasteiger partial charge on any atom is 0.434 e. The Kier molecular flexibility index (Phi) is 4.94. The lowest BCUT2D eigenvalue weighted by atomic mass is 10.2. The van der Waals surface area contributed by atoms with E-state index in [0.717, 1.165) is 32.5 Å². The van der Waals surface area contributed by atoms with Gasteiger partial charge in [-0.3, -0.25) is 10.1 Å². The van der Waals surface area contributed by atoms with E-state index in [1.54, 1.807) is 30.3 Å². The first-order valence-electron chi connectivity index (χ1n) is 8.75. The number of aryl methyl sites for hydroxylation is 1. The van der Waals surface area contributed by atoms with Crippen LogP contribution < -0.4 is 10.1 Å². The molecule has 4 rings (SSSR count). The second-order valence-corrected chi connectivity index (χ2v) is 7.46. The van der Waals surface area contributed by atoms with Gasteiger partial charge in [-0.15, -0.1) is 0 Å². The molecule has 0 aliphatic carbocycles. The van der Waals surface area contributed by atoms with Crippen molar-refractivity contribution >= 4 is 32.6 Å². The number of rotatable bonds is 4. The van der Waals surface area contributed by atoms with E-state index >= 15 is 0 Å². The number of thiazole rings is 1. The van der Waals surface area contributed by atoms with Crippen molar-refractivity contribution < 1.29 is 22.7 Å². The Morgan fingerprint density at radius 1 is 1.17 bits per heavy atom. The molecular weight excluding hydrogens is 417 g/mol. The molecule has 6 nitrogen and oxygen atoms in total. The van der Waals surface area contributed by atoms with Gasteiger partial charge in [0.25, 0.3) is 5.91 Å². The van der Waals surface area contributed by atoms with E-state index in [1.807, 2.05) is 6.92 Å². The molecule has 0 atom stereocenters. The zero-order valence-electron chi connectivity index (χ0n) is 15.8. The SMILES string of the molecule is COc1cccc2sc(NC(=O)c3cnn(-c4ccc(C)cc4)c3C(F)(F)F)nc12. The fourth-order valence-corrected chi connectivity index (χ4v) is 3.85. The molecule has 4 aromatic rings. The van der Waals surface area contributed by atoms with Crippen molar-refractivity contribution in [3.05, 3.63) is 65.5 Å². The predicted molar refractivity (Wildman–Crippen MR) is 107 cm³/mol. The monoisotopic (exact) mass is 432 g/mol. The van der Waals surface area contributed by atoms with Crippen LogP contribution in [0, 0.1) is 6.92 Å². The third-order valence-corrected chi connectivity index (χ3v) is 5.32. The van der Waals surface area contributed by atoms with Crippen LogP contribution in [0.5, 0.6) is 5.75 Å². The average molecular weight is 432 g/mol. The molecule has 30 heavy (non-hydrogen) atoms. The standard InChI is InChI=1S/C20H15F3N4O2S/c1-11-6-8-12(9-7-11)27-17(20(21,22)23)13(10-24-27)18(28)26-19-25-16-14(29-2)4-3-5-15(16)30-19/h3-10H,1-2H3,(H,25,26,28). The molecule has 0 aliphatic rings. The summed E-state index contributed by atoms with van der Waals surface area (Å²) in [4.78, 5) is 17.0. The number of alkyl halides is 3. The van der Waals surface area contributed by atoms with Crippen LogP contribution in [0.1, 0.15) is 21.6 Å². The summed E-state index contributed by atoms with van der Waals surface area (Å²) in [6, 6.07) is 11.6. The summed E-state index contributed by atoms with van der Waals surface area (Å²) < 4.78 is 48.1. The van der Waals surface area contributed by atoms with Gasteiger partial charge in [0.2, 0.25) is 0 Å². The minimum Gasteiger partial charge on any atom is -0.494 e. The van der Waals surface area contributed by atoms with E-state index in [4.69, 9.17) is 4.74 Å². The molecule has 0 radical (unpaired) electrons. The van der Waals surface area contributed by atoms with Crippen LogP contribution >= 0.6 is 11.3 Å². The minimum atomic E-state index is -4.79. The van der Waals surface area contributed by atoms with Crippen LogP contribution in [0.25, 0.3) is 15.9 Å². The molecule has 0 saturated carbocycles. The van der Waals surface area contributed by atoms with Gasteiger partial charge < -0.3 is 4.74 Å². The molecule has 2 aromatic carbocycles. The molecule has 0 fully saturated rings. The van der Waals surface area contributed by atoms with E-state index in [-0.39, 0.29) is 10.8 Å². The van der Waals surface area contributed by atoms with Crippen LogP contribution in [0.15, 0.2) is 48.7 Å². The van der Waals surface area contributed by atoms with Crippen LogP contribution in [-0.2, 0) is 6.18 Å². The minimum absolute atomic E-state index is 0.163. The Bertz CT molecular complexity index is 1230. The number of hydrogen-bond acceptors (Lipinski definition) is 5. The molecule has 1 amide bonds. The number of para-hydroxylation sites is 1. The van der Waals surface area contributed by atoms with Gasteiger partial charge in [-0.25, -0.2) is 9.67 Å². The molecule has 2 heterocycles. The first kappa shape index (κ1) is 19.9. The molecule has 154 valence electrons. The average Bonchev–Trinajstić information content (AvgIpc) is 3.32. The Morgan fingerprint density at radius 3 is 2.57 bits per heavy atom. The number of nitrogens with one attached hydrogen (secondary N) is 1. The van der Waals surface area contributed by atoms with Gasteiger partial charge in [-0.1, -0.05) is 35.1 Å². The number of ether oxygens (including phenoxy) is 1. The molecule has 0 saturated heterocycles. The number of hydrogen-bond donors (Lipinski definition) is 1. The number of benzene rings is 2. The largest absolute Gasteiger partial charge is 0.494 e. The van der Waals surface area contributed by atoms with E-state index < -0.39 is 23.3 Å². The lowest BCUT2D eigenvalue weighted by Crippen LogP contribution is -2.20. The first-order valence-corrected chi connectivity index (χ1v) is 9.56. The van der Waals surface area contributed by atoms with Crippen molar-refractivity contribution in [3.63, 3.8) is 0 Å². The Labute approximate surface area is 172 Å². The summed E-state index contributed by atoms with van der Waals surface area (Å²) >= 11 is 1.14. The van der Waals surface area contributed by atoms with Crippen LogP contribution in [0.4, 0.5) is 18.3 Å². The molecule has 2 aromatic heterocycles. The molecule has 0 spiro atoms. The summed E-state index contributed by atoms with van der Waals surface area (Å²) in [7, 11) is 1.49. The lowest BCUT2D eigenvalue weighted by Gasteiger charge is -2.12. The van der Waals surface area contributed by atoms with Crippen molar-refractivity contribution in [2.24, 2.45) is 0 Å². The lowest BCUT2D eigenvalue weighted by molar-refractivity contribution is -0.143. The van der Waals surface area contributed by atoms with Gasteiger partial charge in [0.1, 0.15) is 11.3 Å². The summed E-state index contributed by atoms with van der Waals surface area (Å²) in [6.07, 6.45) is -3.88. The number of halogens is 3. The van der Waals surface area contributed by atoms with E-state index in [2.05, 4.69) is 15.4 Å². The van der Waals surface area contributed by atoms with Crippen molar-refractivity contribution in [1.29, 1.82) is 0 Å². The summed E-state index contributed by atoms with van der Waals surface area (Å²) in [6.45, 7) is 1.82. The highest BCUT2D eigenvalue weighted by Gasteiger charge is 2.40. The molecule has 0 bridgehead atoms. The van der Waals surface area contributed by atoms with Crippen LogP contribution in [0.3, 0.4) is 0 Å². The van der Waals surface area contributed by atoms with Crippen molar-refractivity contribution in [2.75, 3.05) is 12.4 Å². The highest BCUT2D eigenvalue weighted by Crippen LogP contribution is 2.35. The van der Waals surface area contributed by atoms with Gasteiger partial charge in [0.15, 0.2) is 10.8 Å². The molecule has 0 aliphatic heterocycles. The summed E-state index contributed by atoms with van der Waals surface area (Å²) in [5.74, 6) is -0.439. The topological polar surface area (TPSA) is 69.0 Å². The number of amides is 1. The number of fused-ring (bicyclic) bond motifs is 1. The third kappa shape index (κ3) is 3.61. The first-order chi connectivity index (χ1) is 14.3. The van der Waals surface area contributed by atoms with Crippen molar-refractivity contribution in [1.82, 2.24) is 14.8 Å². The zero-order chi connectivity index (χ0) is 21.5. The van der Waals surface area contributed by atoms with Crippen molar-refractivity contribution in [3.8, 4) is 11.4 Å². The second kappa shape index (κ2) is 7.45. The normalized spacial score (nSPS) is 11.6.